The fourth-order valence-electron chi connectivity index (χ4n) is 1.97. The molecular formula is C13H10N2O3S. The number of rotatable bonds is 2. The van der Waals surface area contributed by atoms with Gasteiger partial charge in [0.05, 0.1) is 10.6 Å². The van der Waals surface area contributed by atoms with E-state index in [1.807, 2.05) is 12.1 Å². The van der Waals surface area contributed by atoms with Gasteiger partial charge in [-0.2, -0.15) is 5.10 Å². The molecule has 0 unspecified atom stereocenters. The van der Waals surface area contributed by atoms with E-state index in [4.69, 9.17) is 5.11 Å². The van der Waals surface area contributed by atoms with Crippen LogP contribution >= 0.6 is 11.3 Å². The van der Waals surface area contributed by atoms with E-state index in [1.54, 1.807) is 19.2 Å². The van der Waals surface area contributed by atoms with E-state index in [1.165, 1.54) is 22.1 Å². The minimum atomic E-state index is -1.05. The molecule has 3 aromatic rings. The zero-order valence-electron chi connectivity index (χ0n) is 9.99. The summed E-state index contributed by atoms with van der Waals surface area (Å²) in [6.07, 6.45) is 0. The molecule has 5 nitrogen and oxygen atoms in total. The summed E-state index contributed by atoms with van der Waals surface area (Å²) < 4.78 is 2.48. The fourth-order valence-corrected chi connectivity index (χ4v) is 3.10. The van der Waals surface area contributed by atoms with Crippen LogP contribution in [0.5, 0.6) is 5.75 Å². The highest BCUT2D eigenvalue weighted by molar-refractivity contribution is 7.22. The molecule has 2 heterocycles. The summed E-state index contributed by atoms with van der Waals surface area (Å²) in [5.74, 6) is -0.827. The average molecular weight is 274 g/mol. The lowest BCUT2D eigenvalue weighted by atomic mass is 10.2. The monoisotopic (exact) mass is 274 g/mol. The zero-order valence-corrected chi connectivity index (χ0v) is 10.8. The molecular weight excluding hydrogens is 264 g/mol. The maximum atomic E-state index is 10.9. The van der Waals surface area contributed by atoms with E-state index in [2.05, 4.69) is 5.10 Å². The Bertz CT molecular complexity index is 788. The molecule has 96 valence electrons. The van der Waals surface area contributed by atoms with Crippen LogP contribution in [0.1, 0.15) is 10.5 Å². The van der Waals surface area contributed by atoms with Crippen molar-refractivity contribution in [2.24, 2.45) is 7.05 Å². The number of hydrogen-bond donors (Lipinski definition) is 2. The number of phenolic OH excluding ortho intramolecular Hbond substituents is 1. The molecule has 3 rings (SSSR count). The first-order valence-electron chi connectivity index (χ1n) is 5.55. The average Bonchev–Trinajstić information content (AvgIpc) is 2.93. The highest BCUT2D eigenvalue weighted by atomic mass is 32.1. The molecule has 19 heavy (non-hydrogen) atoms. The Balaban J connectivity index is 2.19. The molecule has 0 saturated heterocycles. The quantitative estimate of drug-likeness (QED) is 0.753. The van der Waals surface area contributed by atoms with Crippen LogP contribution in [-0.4, -0.2) is 26.0 Å². The number of nitrogens with zero attached hydrogens (tertiary/aromatic N) is 2. The number of aromatic carboxylic acids is 1. The maximum absolute atomic E-state index is 10.9. The van der Waals surface area contributed by atoms with Crippen molar-refractivity contribution in [1.29, 1.82) is 0 Å². The second-order valence-corrected chi connectivity index (χ2v) is 5.23. The molecule has 0 bridgehead atoms. The topological polar surface area (TPSA) is 75.4 Å². The lowest BCUT2D eigenvalue weighted by Gasteiger charge is -1.95. The Morgan fingerprint density at radius 2 is 2.16 bits per heavy atom. The van der Waals surface area contributed by atoms with Crippen LogP contribution < -0.4 is 0 Å². The number of hydrogen-bond acceptors (Lipinski definition) is 4. The molecule has 0 radical (unpaired) electrons. The van der Waals surface area contributed by atoms with Crippen LogP contribution in [0.25, 0.3) is 20.7 Å². The van der Waals surface area contributed by atoms with Gasteiger partial charge in [0.15, 0.2) is 5.69 Å². The van der Waals surface area contributed by atoms with Crippen LogP contribution in [0.15, 0.2) is 30.3 Å². The predicted molar refractivity (Wildman–Crippen MR) is 72.7 cm³/mol. The van der Waals surface area contributed by atoms with E-state index >= 15 is 0 Å². The molecule has 0 fully saturated rings. The van der Waals surface area contributed by atoms with Gasteiger partial charge in [0.1, 0.15) is 5.75 Å². The lowest BCUT2D eigenvalue weighted by Crippen LogP contribution is -1.99. The Labute approximate surface area is 112 Å². The molecule has 0 aliphatic rings. The largest absolute Gasteiger partial charge is 0.507 e. The third kappa shape index (κ3) is 1.86. The molecule has 0 atom stereocenters. The third-order valence-corrected chi connectivity index (χ3v) is 4.01. The van der Waals surface area contributed by atoms with Crippen LogP contribution in [0, 0.1) is 0 Å². The van der Waals surface area contributed by atoms with E-state index in [0.717, 1.165) is 20.7 Å². The van der Waals surface area contributed by atoms with Crippen molar-refractivity contribution in [2.45, 2.75) is 0 Å². The van der Waals surface area contributed by atoms with Crippen molar-refractivity contribution in [2.75, 3.05) is 0 Å². The molecule has 0 aliphatic carbocycles. The summed E-state index contributed by atoms with van der Waals surface area (Å²) in [6, 6.07) is 8.70. The number of phenols is 1. The molecule has 0 amide bonds. The van der Waals surface area contributed by atoms with Crippen molar-refractivity contribution in [1.82, 2.24) is 9.78 Å². The smallest absolute Gasteiger partial charge is 0.356 e. The van der Waals surface area contributed by atoms with Crippen molar-refractivity contribution < 1.29 is 15.0 Å². The van der Waals surface area contributed by atoms with Gasteiger partial charge in [0.25, 0.3) is 0 Å². The Kier molecular flexibility index (Phi) is 2.53. The van der Waals surface area contributed by atoms with Gasteiger partial charge in [-0.25, -0.2) is 4.79 Å². The van der Waals surface area contributed by atoms with Gasteiger partial charge < -0.3 is 10.2 Å². The number of aryl methyl sites for hydroxylation is 1. The van der Waals surface area contributed by atoms with Crippen LogP contribution in [0.4, 0.5) is 0 Å². The Hall–Kier alpha value is -2.34. The second-order valence-electron chi connectivity index (χ2n) is 4.14. The predicted octanol–water partition coefficient (Wildman–Crippen LogP) is 2.71. The van der Waals surface area contributed by atoms with Gasteiger partial charge in [-0.3, -0.25) is 4.68 Å². The lowest BCUT2D eigenvalue weighted by molar-refractivity contribution is 0.0689. The van der Waals surface area contributed by atoms with Crippen molar-refractivity contribution in [3.05, 3.63) is 36.0 Å². The zero-order chi connectivity index (χ0) is 13.6. The third-order valence-electron chi connectivity index (χ3n) is 2.89. The van der Waals surface area contributed by atoms with Crippen molar-refractivity contribution in [3.8, 4) is 16.3 Å². The molecule has 0 saturated carbocycles. The summed E-state index contributed by atoms with van der Waals surface area (Å²) in [6.45, 7) is 0. The summed E-state index contributed by atoms with van der Waals surface area (Å²) in [7, 11) is 1.70. The maximum Gasteiger partial charge on any atom is 0.356 e. The van der Waals surface area contributed by atoms with Gasteiger partial charge in [-0.1, -0.05) is 6.07 Å². The normalized spacial score (nSPS) is 11.0. The number of carboxylic acids is 1. The van der Waals surface area contributed by atoms with Crippen LogP contribution in [-0.2, 0) is 7.05 Å². The summed E-state index contributed by atoms with van der Waals surface area (Å²) in [5.41, 5.74) is 0.733. The number of thiophene rings is 1. The molecule has 1 aromatic carbocycles. The van der Waals surface area contributed by atoms with E-state index in [-0.39, 0.29) is 11.4 Å². The minimum absolute atomic E-state index is 0.0131. The number of aromatic nitrogens is 2. The van der Waals surface area contributed by atoms with Gasteiger partial charge in [0.2, 0.25) is 0 Å². The van der Waals surface area contributed by atoms with E-state index in [9.17, 15) is 9.90 Å². The van der Waals surface area contributed by atoms with Crippen LogP contribution in [0.2, 0.25) is 0 Å². The summed E-state index contributed by atoms with van der Waals surface area (Å²) in [5, 5.41) is 23.4. The van der Waals surface area contributed by atoms with Gasteiger partial charge >= 0.3 is 5.97 Å². The first-order valence-corrected chi connectivity index (χ1v) is 6.37. The molecule has 0 spiro atoms. The second kappa shape index (κ2) is 4.10. The number of fused-ring (bicyclic) bond motifs is 1. The Morgan fingerprint density at radius 1 is 1.37 bits per heavy atom. The first kappa shape index (κ1) is 11.7. The van der Waals surface area contributed by atoms with E-state index in [0.29, 0.717) is 0 Å². The molecule has 6 heteroatoms. The van der Waals surface area contributed by atoms with Crippen LogP contribution in [0.3, 0.4) is 0 Å². The standard InChI is InChI=1S/C13H10N2O3S/c1-15-9(6-8(14-15)13(17)18)12-5-7-10(16)3-2-4-11(7)19-12/h2-6,16H,1H3,(H,17,18). The van der Waals surface area contributed by atoms with Crippen molar-refractivity contribution >= 4 is 27.4 Å². The summed E-state index contributed by atoms with van der Waals surface area (Å²) in [4.78, 5) is 11.8. The van der Waals surface area contributed by atoms with E-state index < -0.39 is 5.97 Å². The number of carbonyl (C=O) groups is 1. The van der Waals surface area contributed by atoms with Crippen molar-refractivity contribution in [3.63, 3.8) is 0 Å². The highest BCUT2D eigenvalue weighted by Crippen LogP contribution is 2.37. The molecule has 2 N–H and O–H groups in total. The molecule has 0 aliphatic heterocycles. The SMILES string of the molecule is Cn1nc(C(=O)O)cc1-c1cc2c(O)cccc2s1. The number of benzene rings is 1. The summed E-state index contributed by atoms with van der Waals surface area (Å²) >= 11 is 1.49. The van der Waals surface area contributed by atoms with Gasteiger partial charge in [0, 0.05) is 17.1 Å². The highest BCUT2D eigenvalue weighted by Gasteiger charge is 2.15. The minimum Gasteiger partial charge on any atom is -0.507 e. The fraction of sp³-hybridized carbons (Fsp3) is 0.0769. The number of aromatic hydroxyl groups is 1. The Morgan fingerprint density at radius 3 is 2.79 bits per heavy atom. The number of carboxylic acid groups (broad SMARTS) is 1. The first-order chi connectivity index (χ1) is 9.06. The van der Waals surface area contributed by atoms with Gasteiger partial charge in [-0.05, 0) is 24.3 Å². The molecule has 2 aromatic heterocycles. The van der Waals surface area contributed by atoms with Gasteiger partial charge in [-0.15, -0.1) is 11.3 Å².